The molecule has 0 aliphatic carbocycles. The summed E-state index contributed by atoms with van der Waals surface area (Å²) in [7, 11) is 3.53. The maximum absolute atomic E-state index is 5.60. The third kappa shape index (κ3) is 4.33. The van der Waals surface area contributed by atoms with Crippen LogP contribution in [0.15, 0.2) is 36.9 Å². The molecule has 3 nitrogen and oxygen atoms in total. The van der Waals surface area contributed by atoms with Gasteiger partial charge in [0, 0.05) is 6.54 Å². The first-order chi connectivity index (χ1) is 8.31. The van der Waals surface area contributed by atoms with E-state index in [9.17, 15) is 0 Å². The van der Waals surface area contributed by atoms with Gasteiger partial charge in [-0.15, -0.1) is 0 Å². The van der Waals surface area contributed by atoms with Crippen molar-refractivity contribution in [1.29, 1.82) is 0 Å². The summed E-state index contributed by atoms with van der Waals surface area (Å²) < 4.78 is 10.9. The van der Waals surface area contributed by atoms with Crippen LogP contribution in [0.2, 0.25) is 0 Å². The van der Waals surface area contributed by atoms with Crippen LogP contribution in [0.3, 0.4) is 0 Å². The molecule has 0 aliphatic heterocycles. The van der Waals surface area contributed by atoms with Crippen LogP contribution >= 0.6 is 0 Å². The molecule has 0 fully saturated rings. The molecule has 1 rings (SSSR count). The Kier molecular flexibility index (Phi) is 5.89. The molecule has 0 spiro atoms. The highest BCUT2D eigenvalue weighted by Gasteiger charge is 2.03. The summed E-state index contributed by atoms with van der Waals surface area (Å²) >= 11 is 0. The molecule has 3 heteroatoms. The van der Waals surface area contributed by atoms with Crippen LogP contribution in [-0.4, -0.2) is 27.3 Å². The summed E-state index contributed by atoms with van der Waals surface area (Å²) in [5.74, 6) is 1.51. The average Bonchev–Trinajstić information content (AvgIpc) is 2.37. The molecule has 92 valence electrons. The van der Waals surface area contributed by atoms with E-state index < -0.39 is 0 Å². The Morgan fingerprint density at radius 3 is 2.82 bits per heavy atom. The first-order valence-electron chi connectivity index (χ1n) is 5.56. The molecule has 1 aromatic carbocycles. The monoisotopic (exact) mass is 233 g/mol. The Hall–Kier alpha value is -1.74. The number of hydrogen-bond donors (Lipinski definition) is 1. The van der Waals surface area contributed by atoms with Crippen molar-refractivity contribution in [2.45, 2.75) is 0 Å². The number of allylic oxidation sites excluding steroid dienone is 2. The molecule has 0 unspecified atom stereocenters. The fraction of sp³-hybridized carbons (Fsp3) is 0.286. The molecule has 0 saturated heterocycles. The fourth-order valence-corrected chi connectivity index (χ4v) is 1.35. The van der Waals surface area contributed by atoms with Gasteiger partial charge in [-0.25, -0.2) is 0 Å². The standard InChI is InChI=1S/C14H19NO2/c1-4-5-6-12-7-8-13(14(11-12)16-3)17-10-9-15-2/h4-8,11,15H,1,9-10H2,2-3H3/b6-5+. The highest BCUT2D eigenvalue weighted by Crippen LogP contribution is 2.28. The summed E-state index contributed by atoms with van der Waals surface area (Å²) in [6.45, 7) is 5.06. The van der Waals surface area contributed by atoms with E-state index in [2.05, 4.69) is 11.9 Å². The topological polar surface area (TPSA) is 30.5 Å². The predicted octanol–water partition coefficient (Wildman–Crippen LogP) is 2.49. The van der Waals surface area contributed by atoms with E-state index in [4.69, 9.17) is 9.47 Å². The van der Waals surface area contributed by atoms with Crippen LogP contribution in [0.1, 0.15) is 5.56 Å². The molecule has 1 N–H and O–H groups in total. The van der Waals surface area contributed by atoms with E-state index in [0.29, 0.717) is 6.61 Å². The van der Waals surface area contributed by atoms with Gasteiger partial charge in [0.05, 0.1) is 7.11 Å². The van der Waals surface area contributed by atoms with Gasteiger partial charge in [0.25, 0.3) is 0 Å². The molecular weight excluding hydrogens is 214 g/mol. The molecular formula is C14H19NO2. The number of rotatable bonds is 7. The number of hydrogen-bond acceptors (Lipinski definition) is 3. The van der Waals surface area contributed by atoms with Crippen LogP contribution in [0.4, 0.5) is 0 Å². The lowest BCUT2D eigenvalue weighted by Crippen LogP contribution is -2.16. The summed E-state index contributed by atoms with van der Waals surface area (Å²) in [6.07, 6.45) is 5.59. The summed E-state index contributed by atoms with van der Waals surface area (Å²) in [4.78, 5) is 0. The number of methoxy groups -OCH3 is 1. The molecule has 1 aromatic rings. The summed E-state index contributed by atoms with van der Waals surface area (Å²) in [5.41, 5.74) is 1.06. The van der Waals surface area contributed by atoms with Gasteiger partial charge < -0.3 is 14.8 Å². The first kappa shape index (κ1) is 13.3. The number of likely N-dealkylation sites (N-methyl/N-ethyl adjacent to an activating group) is 1. The minimum Gasteiger partial charge on any atom is -0.493 e. The van der Waals surface area contributed by atoms with Crippen LogP contribution in [0, 0.1) is 0 Å². The zero-order valence-corrected chi connectivity index (χ0v) is 10.4. The van der Waals surface area contributed by atoms with E-state index in [-0.39, 0.29) is 0 Å². The van der Waals surface area contributed by atoms with Gasteiger partial charge in [-0.1, -0.05) is 30.9 Å². The van der Waals surface area contributed by atoms with Gasteiger partial charge in [0.15, 0.2) is 11.5 Å². The Morgan fingerprint density at radius 2 is 2.18 bits per heavy atom. The predicted molar refractivity (Wildman–Crippen MR) is 71.6 cm³/mol. The van der Waals surface area contributed by atoms with Crippen molar-refractivity contribution < 1.29 is 9.47 Å². The molecule has 0 heterocycles. The van der Waals surface area contributed by atoms with E-state index >= 15 is 0 Å². The number of nitrogens with one attached hydrogen (secondary N) is 1. The zero-order valence-electron chi connectivity index (χ0n) is 10.4. The Labute approximate surface area is 103 Å². The van der Waals surface area contributed by atoms with Crippen molar-refractivity contribution in [1.82, 2.24) is 5.32 Å². The summed E-state index contributed by atoms with van der Waals surface area (Å²) in [6, 6.07) is 5.84. The smallest absolute Gasteiger partial charge is 0.161 e. The Balaban J connectivity index is 2.77. The van der Waals surface area contributed by atoms with Crippen molar-refractivity contribution >= 4 is 6.08 Å². The number of ether oxygens (including phenoxy) is 2. The second-order valence-corrected chi connectivity index (χ2v) is 3.46. The summed E-state index contributed by atoms with van der Waals surface area (Å²) in [5, 5.41) is 3.03. The quantitative estimate of drug-likeness (QED) is 0.580. The second kappa shape index (κ2) is 7.52. The lowest BCUT2D eigenvalue weighted by atomic mass is 10.2. The van der Waals surface area contributed by atoms with Gasteiger partial charge in [-0.2, -0.15) is 0 Å². The molecule has 0 atom stereocenters. The Bertz CT molecular complexity index is 386. The molecule has 0 bridgehead atoms. The first-order valence-corrected chi connectivity index (χ1v) is 5.56. The van der Waals surface area contributed by atoms with E-state index in [0.717, 1.165) is 23.6 Å². The minimum atomic E-state index is 0.620. The normalized spacial score (nSPS) is 10.5. The van der Waals surface area contributed by atoms with Crippen LogP contribution < -0.4 is 14.8 Å². The van der Waals surface area contributed by atoms with Crippen LogP contribution in [0.25, 0.3) is 6.08 Å². The third-order valence-electron chi connectivity index (χ3n) is 2.22. The molecule has 0 aromatic heterocycles. The third-order valence-corrected chi connectivity index (χ3v) is 2.22. The highest BCUT2D eigenvalue weighted by molar-refractivity contribution is 5.56. The van der Waals surface area contributed by atoms with Crippen molar-refractivity contribution in [2.75, 3.05) is 27.3 Å². The zero-order chi connectivity index (χ0) is 12.5. The maximum atomic E-state index is 5.60. The lowest BCUT2D eigenvalue weighted by molar-refractivity contribution is 0.295. The van der Waals surface area contributed by atoms with E-state index in [1.165, 1.54) is 0 Å². The molecule has 0 saturated carbocycles. The van der Waals surface area contributed by atoms with Crippen LogP contribution in [-0.2, 0) is 0 Å². The Morgan fingerprint density at radius 1 is 1.35 bits per heavy atom. The minimum absolute atomic E-state index is 0.620. The van der Waals surface area contributed by atoms with E-state index in [1.807, 2.05) is 37.4 Å². The molecule has 0 aliphatic rings. The average molecular weight is 233 g/mol. The van der Waals surface area contributed by atoms with E-state index in [1.54, 1.807) is 13.2 Å². The van der Waals surface area contributed by atoms with Gasteiger partial charge in [-0.05, 0) is 24.7 Å². The van der Waals surface area contributed by atoms with Gasteiger partial charge in [0.2, 0.25) is 0 Å². The largest absolute Gasteiger partial charge is 0.493 e. The number of benzene rings is 1. The van der Waals surface area contributed by atoms with Gasteiger partial charge in [-0.3, -0.25) is 0 Å². The van der Waals surface area contributed by atoms with Crippen molar-refractivity contribution in [3.63, 3.8) is 0 Å². The fourth-order valence-electron chi connectivity index (χ4n) is 1.35. The van der Waals surface area contributed by atoms with Crippen molar-refractivity contribution in [2.24, 2.45) is 0 Å². The second-order valence-electron chi connectivity index (χ2n) is 3.46. The van der Waals surface area contributed by atoms with Crippen molar-refractivity contribution in [3.8, 4) is 11.5 Å². The molecule has 17 heavy (non-hydrogen) atoms. The lowest BCUT2D eigenvalue weighted by Gasteiger charge is -2.11. The van der Waals surface area contributed by atoms with Crippen molar-refractivity contribution in [3.05, 3.63) is 42.5 Å². The van der Waals surface area contributed by atoms with Gasteiger partial charge >= 0.3 is 0 Å². The highest BCUT2D eigenvalue weighted by atomic mass is 16.5. The SMILES string of the molecule is C=C/C=C/c1ccc(OCCNC)c(OC)c1. The van der Waals surface area contributed by atoms with Gasteiger partial charge in [0.1, 0.15) is 6.61 Å². The molecule has 0 radical (unpaired) electrons. The maximum Gasteiger partial charge on any atom is 0.161 e. The van der Waals surface area contributed by atoms with Crippen LogP contribution in [0.5, 0.6) is 11.5 Å². The molecule has 0 amide bonds.